The first-order valence-corrected chi connectivity index (χ1v) is 9.24. The minimum Gasteiger partial charge on any atom is -0.360 e. The Morgan fingerprint density at radius 1 is 1.38 bits per heavy atom. The Labute approximate surface area is 154 Å². The maximum atomic E-state index is 12.9. The lowest BCUT2D eigenvalue weighted by molar-refractivity contribution is -0.134. The summed E-state index contributed by atoms with van der Waals surface area (Å²) in [6, 6.07) is 3.97. The van der Waals surface area contributed by atoms with Crippen LogP contribution < -0.4 is 0 Å². The molecule has 3 aromatic heterocycles. The molecular weight excluding hydrogens is 354 g/mol. The molecule has 5 heterocycles. The third-order valence-electron chi connectivity index (χ3n) is 5.43. The molecule has 134 valence electrons. The average Bonchev–Trinajstić information content (AvgIpc) is 3.29. The lowest BCUT2D eigenvalue weighted by atomic mass is 9.98. The summed E-state index contributed by atoms with van der Waals surface area (Å²) in [5, 5.41) is 8.57. The minimum atomic E-state index is 0.0935. The molecule has 2 aliphatic heterocycles. The molecule has 7 nitrogen and oxygen atoms in total. The quantitative estimate of drug-likeness (QED) is 0.707. The number of rotatable bonds is 3. The predicted molar refractivity (Wildman–Crippen MR) is 93.9 cm³/mol. The summed E-state index contributed by atoms with van der Waals surface area (Å²) in [6.07, 6.45) is 5.65. The van der Waals surface area contributed by atoms with E-state index in [9.17, 15) is 4.79 Å². The van der Waals surface area contributed by atoms with Crippen molar-refractivity contribution in [2.45, 2.75) is 51.1 Å². The van der Waals surface area contributed by atoms with Gasteiger partial charge in [0.15, 0.2) is 10.8 Å². The largest absolute Gasteiger partial charge is 0.360 e. The van der Waals surface area contributed by atoms with Crippen LogP contribution in [0.3, 0.4) is 0 Å². The SMILES string of the molecule is Cc1cc2ncc3c(n2n1)C[C@H]1CC[C@@H]3N1C(=O)CCc1cc(Cl)no1. The number of carbonyl (C=O) groups is 1. The van der Waals surface area contributed by atoms with E-state index in [1.165, 1.54) is 5.69 Å². The minimum absolute atomic E-state index is 0.0935. The van der Waals surface area contributed by atoms with E-state index in [2.05, 4.69) is 15.2 Å². The first kappa shape index (κ1) is 15.8. The number of carbonyl (C=O) groups excluding carboxylic acids is 1. The smallest absolute Gasteiger partial charge is 0.223 e. The first-order chi connectivity index (χ1) is 12.6. The fourth-order valence-corrected chi connectivity index (χ4v) is 4.50. The fourth-order valence-electron chi connectivity index (χ4n) is 4.35. The van der Waals surface area contributed by atoms with Crippen molar-refractivity contribution in [1.82, 2.24) is 24.7 Å². The van der Waals surface area contributed by atoms with E-state index in [1.54, 1.807) is 6.07 Å². The van der Waals surface area contributed by atoms with Gasteiger partial charge < -0.3 is 9.42 Å². The van der Waals surface area contributed by atoms with Crippen LogP contribution in [0.2, 0.25) is 5.15 Å². The van der Waals surface area contributed by atoms with Gasteiger partial charge in [-0.15, -0.1) is 0 Å². The van der Waals surface area contributed by atoms with Crippen LogP contribution in [0.5, 0.6) is 0 Å². The summed E-state index contributed by atoms with van der Waals surface area (Å²) in [6.45, 7) is 1.98. The monoisotopic (exact) mass is 371 g/mol. The van der Waals surface area contributed by atoms with Crippen LogP contribution in [0.4, 0.5) is 0 Å². The Balaban J connectivity index is 1.42. The molecule has 0 saturated carbocycles. The summed E-state index contributed by atoms with van der Waals surface area (Å²) in [5.74, 6) is 0.788. The number of hydrogen-bond donors (Lipinski definition) is 0. The molecule has 0 aliphatic carbocycles. The maximum Gasteiger partial charge on any atom is 0.223 e. The third kappa shape index (κ3) is 2.41. The third-order valence-corrected chi connectivity index (χ3v) is 5.61. The van der Waals surface area contributed by atoms with Crippen molar-refractivity contribution in [2.75, 3.05) is 0 Å². The maximum absolute atomic E-state index is 12.9. The Kier molecular flexibility index (Phi) is 3.53. The highest BCUT2D eigenvalue weighted by molar-refractivity contribution is 6.29. The lowest BCUT2D eigenvalue weighted by Crippen LogP contribution is -2.42. The number of aryl methyl sites for hydroxylation is 2. The van der Waals surface area contributed by atoms with Gasteiger partial charge in [0, 0.05) is 49.2 Å². The average molecular weight is 372 g/mol. The van der Waals surface area contributed by atoms with E-state index in [0.29, 0.717) is 23.8 Å². The van der Waals surface area contributed by atoms with E-state index in [0.717, 1.165) is 36.2 Å². The Morgan fingerprint density at radius 2 is 2.27 bits per heavy atom. The van der Waals surface area contributed by atoms with Gasteiger partial charge in [0.2, 0.25) is 5.91 Å². The molecule has 3 aromatic rings. The van der Waals surface area contributed by atoms with E-state index in [-0.39, 0.29) is 18.0 Å². The number of nitrogens with zero attached hydrogens (tertiary/aromatic N) is 5. The summed E-state index contributed by atoms with van der Waals surface area (Å²) in [7, 11) is 0. The molecule has 2 bridgehead atoms. The molecule has 1 saturated heterocycles. The van der Waals surface area contributed by atoms with E-state index in [4.69, 9.17) is 16.1 Å². The van der Waals surface area contributed by atoms with Crippen LogP contribution in [0.1, 0.15) is 48.0 Å². The van der Waals surface area contributed by atoms with Gasteiger partial charge in [-0.05, 0) is 19.8 Å². The molecule has 2 atom stereocenters. The molecule has 0 aromatic carbocycles. The van der Waals surface area contributed by atoms with Crippen LogP contribution in [0.25, 0.3) is 5.65 Å². The molecule has 5 rings (SSSR count). The second-order valence-corrected chi connectivity index (χ2v) is 7.47. The zero-order chi connectivity index (χ0) is 17.8. The van der Waals surface area contributed by atoms with Crippen molar-refractivity contribution in [3.8, 4) is 0 Å². The Hall–Kier alpha value is -2.41. The summed E-state index contributed by atoms with van der Waals surface area (Å²) in [5.41, 5.74) is 4.16. The zero-order valence-corrected chi connectivity index (χ0v) is 15.1. The highest BCUT2D eigenvalue weighted by Crippen LogP contribution is 2.43. The van der Waals surface area contributed by atoms with Crippen LogP contribution in [0.15, 0.2) is 22.9 Å². The molecule has 1 amide bonds. The standard InChI is InChI=1S/C18H18ClN5O2/c1-10-6-17-20-9-13-14-4-2-11(7-15(13)24(17)21-10)23(14)18(25)5-3-12-8-16(19)22-26-12/h6,8-9,11,14H,2-5,7H2,1H3/t11-,14+/m1/s1. The summed E-state index contributed by atoms with van der Waals surface area (Å²) < 4.78 is 7.06. The van der Waals surface area contributed by atoms with E-state index >= 15 is 0 Å². The molecule has 0 spiro atoms. The van der Waals surface area contributed by atoms with Gasteiger partial charge >= 0.3 is 0 Å². The molecular formula is C18H18ClN5O2. The van der Waals surface area contributed by atoms with Crippen LogP contribution in [-0.2, 0) is 17.6 Å². The number of amides is 1. The van der Waals surface area contributed by atoms with Gasteiger partial charge in [-0.1, -0.05) is 16.8 Å². The predicted octanol–water partition coefficient (Wildman–Crippen LogP) is 2.90. The molecule has 8 heteroatoms. The zero-order valence-electron chi connectivity index (χ0n) is 14.4. The van der Waals surface area contributed by atoms with Gasteiger partial charge in [-0.3, -0.25) is 4.79 Å². The fraction of sp³-hybridized carbons (Fsp3) is 0.444. The highest BCUT2D eigenvalue weighted by atomic mass is 35.5. The molecule has 1 fully saturated rings. The molecule has 26 heavy (non-hydrogen) atoms. The van der Waals surface area contributed by atoms with Crippen molar-refractivity contribution < 1.29 is 9.32 Å². The molecule has 0 unspecified atom stereocenters. The van der Waals surface area contributed by atoms with Crippen molar-refractivity contribution >= 4 is 23.2 Å². The van der Waals surface area contributed by atoms with Crippen LogP contribution in [0, 0.1) is 6.92 Å². The van der Waals surface area contributed by atoms with Crippen molar-refractivity contribution in [2.24, 2.45) is 0 Å². The first-order valence-electron chi connectivity index (χ1n) is 8.86. The number of fused-ring (bicyclic) bond motifs is 6. The highest BCUT2D eigenvalue weighted by Gasteiger charge is 2.43. The molecule has 0 N–H and O–H groups in total. The summed E-state index contributed by atoms with van der Waals surface area (Å²) in [4.78, 5) is 19.5. The van der Waals surface area contributed by atoms with Gasteiger partial charge in [-0.2, -0.15) is 5.10 Å². The van der Waals surface area contributed by atoms with Crippen LogP contribution >= 0.6 is 11.6 Å². The van der Waals surface area contributed by atoms with Crippen LogP contribution in [-0.4, -0.2) is 36.6 Å². The lowest BCUT2D eigenvalue weighted by Gasteiger charge is -2.36. The Morgan fingerprint density at radius 3 is 3.08 bits per heavy atom. The second kappa shape index (κ2) is 5.81. The Bertz CT molecular complexity index is 1010. The van der Waals surface area contributed by atoms with E-state index < -0.39 is 0 Å². The van der Waals surface area contributed by atoms with Gasteiger partial charge in [0.25, 0.3) is 0 Å². The number of halogens is 1. The second-order valence-electron chi connectivity index (χ2n) is 7.08. The normalized spacial score (nSPS) is 21.4. The number of aromatic nitrogens is 4. The van der Waals surface area contributed by atoms with Gasteiger partial charge in [0.05, 0.1) is 17.4 Å². The van der Waals surface area contributed by atoms with Gasteiger partial charge in [0.1, 0.15) is 5.76 Å². The van der Waals surface area contributed by atoms with Crippen molar-refractivity contribution in [3.05, 3.63) is 46.2 Å². The molecule has 2 aliphatic rings. The topological polar surface area (TPSA) is 76.5 Å². The van der Waals surface area contributed by atoms with Gasteiger partial charge in [-0.25, -0.2) is 9.50 Å². The van der Waals surface area contributed by atoms with E-state index in [1.807, 2.05) is 28.6 Å². The molecule has 0 radical (unpaired) electrons. The number of hydrogen-bond acceptors (Lipinski definition) is 5. The summed E-state index contributed by atoms with van der Waals surface area (Å²) >= 11 is 5.77. The van der Waals surface area contributed by atoms with Crippen molar-refractivity contribution in [1.29, 1.82) is 0 Å². The van der Waals surface area contributed by atoms with Crippen molar-refractivity contribution in [3.63, 3.8) is 0 Å².